The molecule has 2 aromatic rings. The van der Waals surface area contributed by atoms with Gasteiger partial charge in [0.1, 0.15) is 6.61 Å². The Labute approximate surface area is 150 Å². The van der Waals surface area contributed by atoms with Gasteiger partial charge in [0.25, 0.3) is 11.8 Å². The first-order valence-electron chi connectivity index (χ1n) is 7.10. The summed E-state index contributed by atoms with van der Waals surface area (Å²) in [6.45, 7) is 2.53. The lowest BCUT2D eigenvalue weighted by Gasteiger charge is -2.11. The molecule has 2 heterocycles. The van der Waals surface area contributed by atoms with E-state index >= 15 is 0 Å². The van der Waals surface area contributed by atoms with E-state index in [1.807, 2.05) is 0 Å². The zero-order valence-electron chi connectivity index (χ0n) is 13.8. The van der Waals surface area contributed by atoms with Crippen LogP contribution in [0.3, 0.4) is 0 Å². The number of alkyl halides is 3. The highest BCUT2D eigenvalue weighted by atomic mass is 35.5. The van der Waals surface area contributed by atoms with Gasteiger partial charge in [0, 0.05) is 23.7 Å². The maximum atomic E-state index is 14.2. The summed E-state index contributed by atoms with van der Waals surface area (Å²) in [6, 6.07) is 0.569. The molecule has 0 saturated carbocycles. The number of hydrogen-bond donors (Lipinski definition) is 0. The molecule has 0 aliphatic rings. The van der Waals surface area contributed by atoms with Gasteiger partial charge in [-0.1, -0.05) is 11.6 Å². The van der Waals surface area contributed by atoms with Gasteiger partial charge in [-0.3, -0.25) is 0 Å². The minimum Gasteiger partial charge on any atom is -0.471 e. The Morgan fingerprint density at radius 1 is 1.27 bits per heavy atom. The lowest BCUT2D eigenvalue weighted by atomic mass is 10.2. The molecule has 0 unspecified atom stereocenters. The van der Waals surface area contributed by atoms with Crippen molar-refractivity contribution in [3.63, 3.8) is 0 Å². The summed E-state index contributed by atoms with van der Waals surface area (Å²) in [7, 11) is 1.17. The molecule has 142 valence electrons. The van der Waals surface area contributed by atoms with E-state index in [0.29, 0.717) is 11.1 Å². The van der Waals surface area contributed by atoms with Crippen LogP contribution in [-0.2, 0) is 13.2 Å². The number of pyridine rings is 1. The van der Waals surface area contributed by atoms with Crippen molar-refractivity contribution in [1.29, 1.82) is 0 Å². The molecular weight excluding hydrogens is 385 g/mol. The Bertz CT molecular complexity index is 845. The third-order valence-electron chi connectivity index (χ3n) is 3.15. The van der Waals surface area contributed by atoms with Crippen LogP contribution >= 0.6 is 11.6 Å². The first-order chi connectivity index (χ1) is 12.0. The smallest absolute Gasteiger partial charge is 0.435 e. The van der Waals surface area contributed by atoms with Crippen LogP contribution in [0.4, 0.5) is 22.0 Å². The predicted molar refractivity (Wildman–Crippen MR) is 82.3 cm³/mol. The second kappa shape index (κ2) is 7.48. The SMILES string of the molecule is CC(Cl)=CCOc1nc(Oc2cc(C(F)(F)F)nn2C)c(F)c(C)c1F. The molecule has 5 nitrogen and oxygen atoms in total. The van der Waals surface area contributed by atoms with Gasteiger partial charge >= 0.3 is 6.18 Å². The van der Waals surface area contributed by atoms with E-state index in [1.165, 1.54) is 13.1 Å². The summed E-state index contributed by atoms with van der Waals surface area (Å²) in [6.07, 6.45) is -3.29. The molecule has 0 aliphatic heterocycles. The maximum absolute atomic E-state index is 14.2. The van der Waals surface area contributed by atoms with Crippen molar-refractivity contribution >= 4 is 11.6 Å². The third-order valence-corrected chi connectivity index (χ3v) is 3.30. The average Bonchev–Trinajstić information content (AvgIpc) is 2.90. The number of hydrogen-bond acceptors (Lipinski definition) is 4. The molecule has 0 saturated heterocycles. The second-order valence-corrected chi connectivity index (χ2v) is 5.76. The van der Waals surface area contributed by atoms with E-state index in [2.05, 4.69) is 10.1 Å². The van der Waals surface area contributed by atoms with Crippen LogP contribution in [0.25, 0.3) is 0 Å². The highest BCUT2D eigenvalue weighted by molar-refractivity contribution is 6.29. The lowest BCUT2D eigenvalue weighted by Crippen LogP contribution is -2.07. The lowest BCUT2D eigenvalue weighted by molar-refractivity contribution is -0.141. The number of allylic oxidation sites excluding steroid dienone is 1. The summed E-state index contributed by atoms with van der Waals surface area (Å²) < 4.78 is 77.1. The van der Waals surface area contributed by atoms with Crippen LogP contribution in [0.15, 0.2) is 17.2 Å². The van der Waals surface area contributed by atoms with Gasteiger partial charge in [-0.15, -0.1) is 0 Å². The van der Waals surface area contributed by atoms with Crippen LogP contribution in [-0.4, -0.2) is 21.4 Å². The van der Waals surface area contributed by atoms with Gasteiger partial charge in [0.2, 0.25) is 5.88 Å². The predicted octanol–water partition coefficient (Wildman–Crippen LogP) is 4.73. The molecule has 0 spiro atoms. The van der Waals surface area contributed by atoms with E-state index in [4.69, 9.17) is 21.1 Å². The van der Waals surface area contributed by atoms with Crippen molar-refractivity contribution < 1.29 is 31.4 Å². The largest absolute Gasteiger partial charge is 0.471 e. The van der Waals surface area contributed by atoms with Crippen molar-refractivity contribution in [3.05, 3.63) is 40.1 Å². The number of aryl methyl sites for hydroxylation is 1. The fourth-order valence-corrected chi connectivity index (χ4v) is 1.85. The topological polar surface area (TPSA) is 49.2 Å². The normalized spacial score (nSPS) is 12.4. The van der Waals surface area contributed by atoms with Crippen molar-refractivity contribution in [1.82, 2.24) is 14.8 Å². The molecular formula is C15H13ClF5N3O2. The number of ether oxygens (including phenoxy) is 2. The minimum absolute atomic E-state index is 0.145. The van der Waals surface area contributed by atoms with Crippen molar-refractivity contribution in [2.24, 2.45) is 7.05 Å². The van der Waals surface area contributed by atoms with Gasteiger partial charge in [0.05, 0.1) is 0 Å². The monoisotopic (exact) mass is 397 g/mol. The van der Waals surface area contributed by atoms with Crippen LogP contribution in [0.2, 0.25) is 0 Å². The maximum Gasteiger partial charge on any atom is 0.435 e. The van der Waals surface area contributed by atoms with Gasteiger partial charge in [-0.05, 0) is 19.9 Å². The summed E-state index contributed by atoms with van der Waals surface area (Å²) in [4.78, 5) is 3.55. The standard InChI is InChI=1S/C15H13ClF5N3O2/c1-7(16)4-5-25-13-11(17)8(2)12(18)14(22-13)26-10-6-9(15(19,20)21)23-24(10)3/h4,6H,5H2,1-3H3. The van der Waals surface area contributed by atoms with Crippen LogP contribution < -0.4 is 9.47 Å². The Morgan fingerprint density at radius 2 is 1.88 bits per heavy atom. The Balaban J connectivity index is 2.36. The zero-order chi connectivity index (χ0) is 19.6. The van der Waals surface area contributed by atoms with Gasteiger partial charge < -0.3 is 9.47 Å². The highest BCUT2D eigenvalue weighted by Crippen LogP contribution is 2.34. The molecule has 0 radical (unpaired) electrons. The van der Waals surface area contributed by atoms with Crippen molar-refractivity contribution in [3.8, 4) is 17.6 Å². The molecule has 26 heavy (non-hydrogen) atoms. The number of aromatic nitrogens is 3. The highest BCUT2D eigenvalue weighted by Gasteiger charge is 2.35. The summed E-state index contributed by atoms with van der Waals surface area (Å²) in [5.74, 6) is -3.99. The average molecular weight is 398 g/mol. The molecule has 2 rings (SSSR count). The number of halogens is 6. The first-order valence-corrected chi connectivity index (χ1v) is 7.48. The van der Waals surface area contributed by atoms with Crippen molar-refractivity contribution in [2.75, 3.05) is 6.61 Å². The molecule has 0 fully saturated rings. The molecule has 0 aliphatic carbocycles. The van der Waals surface area contributed by atoms with Crippen LogP contribution in [0, 0.1) is 18.6 Å². The van der Waals surface area contributed by atoms with E-state index in [9.17, 15) is 22.0 Å². The van der Waals surface area contributed by atoms with E-state index < -0.39 is 46.7 Å². The third kappa shape index (κ3) is 4.43. The minimum atomic E-state index is -4.70. The fraction of sp³-hybridized carbons (Fsp3) is 0.333. The van der Waals surface area contributed by atoms with Gasteiger partial charge in [-0.25, -0.2) is 13.5 Å². The Hall–Kier alpha value is -2.36. The van der Waals surface area contributed by atoms with Crippen LogP contribution in [0.1, 0.15) is 18.2 Å². The summed E-state index contributed by atoms with van der Waals surface area (Å²) in [5.41, 5.74) is -1.69. The molecule has 11 heteroatoms. The summed E-state index contributed by atoms with van der Waals surface area (Å²) >= 11 is 5.62. The first kappa shape index (κ1) is 20.0. The molecule has 0 N–H and O–H groups in total. The molecule has 2 aromatic heterocycles. The van der Waals surface area contributed by atoms with Gasteiger partial charge in [0.15, 0.2) is 17.3 Å². The van der Waals surface area contributed by atoms with Gasteiger partial charge in [-0.2, -0.15) is 23.3 Å². The number of nitrogens with zero attached hydrogens (tertiary/aromatic N) is 3. The quantitative estimate of drug-likeness (QED) is 0.684. The number of rotatable bonds is 5. The van der Waals surface area contributed by atoms with Crippen LogP contribution in [0.5, 0.6) is 17.6 Å². The van der Waals surface area contributed by atoms with E-state index in [1.54, 1.807) is 6.92 Å². The Kier molecular flexibility index (Phi) is 5.74. The molecule has 0 aromatic carbocycles. The van der Waals surface area contributed by atoms with E-state index in [0.717, 1.165) is 11.6 Å². The molecule has 0 atom stereocenters. The summed E-state index contributed by atoms with van der Waals surface area (Å²) in [5, 5.41) is 3.61. The fourth-order valence-electron chi connectivity index (χ4n) is 1.79. The molecule has 0 bridgehead atoms. The zero-order valence-corrected chi connectivity index (χ0v) is 14.5. The molecule has 0 amide bonds. The Morgan fingerprint density at radius 3 is 2.42 bits per heavy atom. The second-order valence-electron chi connectivity index (χ2n) is 5.17. The van der Waals surface area contributed by atoms with Crippen molar-refractivity contribution in [2.45, 2.75) is 20.0 Å². The van der Waals surface area contributed by atoms with E-state index in [-0.39, 0.29) is 6.61 Å².